The van der Waals surface area contributed by atoms with Crippen LogP contribution in [0.5, 0.6) is 0 Å². The molecular formula is C15H13Cl2FO. The molecule has 2 rings (SSSR count). The minimum Gasteiger partial charge on any atom is -0.396 e. The van der Waals surface area contributed by atoms with Gasteiger partial charge in [-0.3, -0.25) is 0 Å². The van der Waals surface area contributed by atoms with Gasteiger partial charge < -0.3 is 5.11 Å². The van der Waals surface area contributed by atoms with E-state index in [4.69, 9.17) is 23.2 Å². The summed E-state index contributed by atoms with van der Waals surface area (Å²) < 4.78 is 12.9. The number of halogens is 3. The third kappa shape index (κ3) is 3.69. The molecule has 0 spiro atoms. The monoisotopic (exact) mass is 298 g/mol. The van der Waals surface area contributed by atoms with E-state index in [1.54, 1.807) is 24.3 Å². The molecule has 4 heteroatoms. The van der Waals surface area contributed by atoms with E-state index in [1.807, 2.05) is 6.07 Å². The number of aliphatic hydroxyl groups excluding tert-OH is 1. The molecule has 0 saturated carbocycles. The summed E-state index contributed by atoms with van der Waals surface area (Å²) in [5.74, 6) is -0.399. The van der Waals surface area contributed by atoms with Crippen LogP contribution in [-0.4, -0.2) is 11.7 Å². The van der Waals surface area contributed by atoms with Gasteiger partial charge in [-0.25, -0.2) is 4.39 Å². The van der Waals surface area contributed by atoms with Crippen LogP contribution >= 0.6 is 23.2 Å². The first kappa shape index (κ1) is 14.3. The maximum absolute atomic E-state index is 12.9. The normalized spacial score (nSPS) is 12.4. The van der Waals surface area contributed by atoms with Crippen molar-refractivity contribution < 1.29 is 9.50 Å². The zero-order valence-electron chi connectivity index (χ0n) is 10.1. The van der Waals surface area contributed by atoms with E-state index < -0.39 is 0 Å². The van der Waals surface area contributed by atoms with Crippen molar-refractivity contribution in [1.82, 2.24) is 0 Å². The molecule has 0 radical (unpaired) electrons. The van der Waals surface area contributed by atoms with Crippen molar-refractivity contribution in [3.05, 3.63) is 69.5 Å². The molecule has 1 atom stereocenters. The van der Waals surface area contributed by atoms with Crippen LogP contribution in [0.25, 0.3) is 0 Å². The Kier molecular flexibility index (Phi) is 4.81. The molecule has 100 valence electrons. The first-order chi connectivity index (χ1) is 9.10. The fourth-order valence-electron chi connectivity index (χ4n) is 2.01. The molecule has 0 aliphatic rings. The van der Waals surface area contributed by atoms with E-state index in [2.05, 4.69) is 0 Å². The number of aliphatic hydroxyl groups is 1. The van der Waals surface area contributed by atoms with Crippen molar-refractivity contribution in [2.45, 2.75) is 12.3 Å². The molecule has 19 heavy (non-hydrogen) atoms. The Morgan fingerprint density at radius 3 is 2.32 bits per heavy atom. The van der Waals surface area contributed by atoms with E-state index >= 15 is 0 Å². The second-order valence-corrected chi connectivity index (χ2v) is 5.22. The van der Waals surface area contributed by atoms with E-state index in [-0.39, 0.29) is 18.3 Å². The van der Waals surface area contributed by atoms with E-state index in [0.717, 1.165) is 11.1 Å². The lowest BCUT2D eigenvalue weighted by Gasteiger charge is -2.16. The SMILES string of the molecule is OCC(Cc1ccc(F)cc1)c1ccc(Cl)cc1Cl. The van der Waals surface area contributed by atoms with E-state index in [1.165, 1.54) is 12.1 Å². The maximum Gasteiger partial charge on any atom is 0.123 e. The summed E-state index contributed by atoms with van der Waals surface area (Å²) in [4.78, 5) is 0. The fraction of sp³-hybridized carbons (Fsp3) is 0.200. The van der Waals surface area contributed by atoms with Crippen molar-refractivity contribution in [2.75, 3.05) is 6.61 Å². The lowest BCUT2D eigenvalue weighted by molar-refractivity contribution is 0.264. The van der Waals surface area contributed by atoms with Crippen molar-refractivity contribution in [2.24, 2.45) is 0 Å². The van der Waals surface area contributed by atoms with Gasteiger partial charge in [0, 0.05) is 16.0 Å². The zero-order chi connectivity index (χ0) is 13.8. The van der Waals surface area contributed by atoms with Crippen LogP contribution in [0, 0.1) is 5.82 Å². The Labute approximate surface area is 121 Å². The maximum atomic E-state index is 12.9. The van der Waals surface area contributed by atoms with Gasteiger partial charge in [-0.15, -0.1) is 0 Å². The average Bonchev–Trinajstić information content (AvgIpc) is 2.39. The lowest BCUT2D eigenvalue weighted by Crippen LogP contribution is -2.08. The highest BCUT2D eigenvalue weighted by Crippen LogP contribution is 2.29. The molecule has 0 aliphatic carbocycles. The smallest absolute Gasteiger partial charge is 0.123 e. The second kappa shape index (κ2) is 6.38. The van der Waals surface area contributed by atoms with Crippen LogP contribution in [0.2, 0.25) is 10.0 Å². The number of rotatable bonds is 4. The highest BCUT2D eigenvalue weighted by atomic mass is 35.5. The summed E-state index contributed by atoms with van der Waals surface area (Å²) in [5.41, 5.74) is 1.80. The van der Waals surface area contributed by atoms with Gasteiger partial charge in [-0.2, -0.15) is 0 Å². The third-order valence-corrected chi connectivity index (χ3v) is 3.58. The number of benzene rings is 2. The number of hydrogen-bond acceptors (Lipinski definition) is 1. The van der Waals surface area contributed by atoms with Crippen molar-refractivity contribution in [3.63, 3.8) is 0 Å². The Balaban J connectivity index is 2.22. The predicted octanol–water partition coefficient (Wildman–Crippen LogP) is 4.45. The van der Waals surface area contributed by atoms with E-state index in [0.29, 0.717) is 16.5 Å². The highest BCUT2D eigenvalue weighted by molar-refractivity contribution is 6.35. The zero-order valence-corrected chi connectivity index (χ0v) is 11.6. The van der Waals surface area contributed by atoms with Gasteiger partial charge >= 0.3 is 0 Å². The first-order valence-electron chi connectivity index (χ1n) is 5.90. The van der Waals surface area contributed by atoms with Crippen LogP contribution < -0.4 is 0 Å². The third-order valence-electron chi connectivity index (χ3n) is 3.02. The predicted molar refractivity (Wildman–Crippen MR) is 76.4 cm³/mol. The summed E-state index contributed by atoms with van der Waals surface area (Å²) in [6.07, 6.45) is 0.595. The molecule has 2 aromatic rings. The van der Waals surface area contributed by atoms with Crippen LogP contribution in [-0.2, 0) is 6.42 Å². The minimum atomic E-state index is -0.270. The van der Waals surface area contributed by atoms with Crippen molar-refractivity contribution >= 4 is 23.2 Å². The Hall–Kier alpha value is -1.09. The largest absolute Gasteiger partial charge is 0.396 e. The van der Waals surface area contributed by atoms with Gasteiger partial charge in [0.05, 0.1) is 6.61 Å². The summed E-state index contributed by atoms with van der Waals surface area (Å²) in [6, 6.07) is 11.5. The molecule has 1 nitrogen and oxygen atoms in total. The highest BCUT2D eigenvalue weighted by Gasteiger charge is 2.15. The first-order valence-corrected chi connectivity index (χ1v) is 6.66. The molecule has 0 heterocycles. The Morgan fingerprint density at radius 1 is 1.05 bits per heavy atom. The Morgan fingerprint density at radius 2 is 1.74 bits per heavy atom. The fourth-order valence-corrected chi connectivity index (χ4v) is 2.57. The van der Waals surface area contributed by atoms with Gasteiger partial charge in [0.1, 0.15) is 5.82 Å². The van der Waals surface area contributed by atoms with Gasteiger partial charge in [0.2, 0.25) is 0 Å². The molecule has 0 aromatic heterocycles. The molecular weight excluding hydrogens is 286 g/mol. The summed E-state index contributed by atoms with van der Waals surface area (Å²) >= 11 is 12.0. The molecule has 0 saturated heterocycles. The summed E-state index contributed by atoms with van der Waals surface area (Å²) in [5, 5.41) is 10.6. The van der Waals surface area contributed by atoms with Crippen LogP contribution in [0.15, 0.2) is 42.5 Å². The molecule has 0 aliphatic heterocycles. The molecule has 1 unspecified atom stereocenters. The minimum absolute atomic E-state index is 0.0290. The average molecular weight is 299 g/mol. The van der Waals surface area contributed by atoms with Gasteiger partial charge in [0.15, 0.2) is 0 Å². The quantitative estimate of drug-likeness (QED) is 0.884. The summed E-state index contributed by atoms with van der Waals surface area (Å²) in [7, 11) is 0. The topological polar surface area (TPSA) is 20.2 Å². The molecule has 2 aromatic carbocycles. The van der Waals surface area contributed by atoms with Gasteiger partial charge in [-0.1, -0.05) is 41.4 Å². The Bertz CT molecular complexity index is 555. The molecule has 0 bridgehead atoms. The van der Waals surface area contributed by atoms with Gasteiger partial charge in [-0.05, 0) is 41.8 Å². The van der Waals surface area contributed by atoms with Crippen molar-refractivity contribution in [1.29, 1.82) is 0 Å². The molecule has 0 amide bonds. The molecule has 0 fully saturated rings. The lowest BCUT2D eigenvalue weighted by atomic mass is 9.92. The van der Waals surface area contributed by atoms with Crippen molar-refractivity contribution in [3.8, 4) is 0 Å². The van der Waals surface area contributed by atoms with Crippen LogP contribution in [0.4, 0.5) is 4.39 Å². The number of hydrogen-bond donors (Lipinski definition) is 1. The van der Waals surface area contributed by atoms with Gasteiger partial charge in [0.25, 0.3) is 0 Å². The summed E-state index contributed by atoms with van der Waals surface area (Å²) in [6.45, 7) is -0.0290. The van der Waals surface area contributed by atoms with Crippen LogP contribution in [0.1, 0.15) is 17.0 Å². The molecule has 1 N–H and O–H groups in total. The van der Waals surface area contributed by atoms with E-state index in [9.17, 15) is 9.50 Å². The van der Waals surface area contributed by atoms with Crippen LogP contribution in [0.3, 0.4) is 0 Å². The standard InChI is InChI=1S/C15H13Cl2FO/c16-12-3-6-14(15(17)8-12)11(9-19)7-10-1-4-13(18)5-2-10/h1-6,8,11,19H,7,9H2. The second-order valence-electron chi connectivity index (χ2n) is 4.38.